The fraction of sp³-hybridized carbons (Fsp3) is 0.474. The van der Waals surface area contributed by atoms with E-state index >= 15 is 0 Å². The van der Waals surface area contributed by atoms with Crippen LogP contribution in [0.2, 0.25) is 0 Å². The maximum absolute atomic E-state index is 12.2. The van der Waals surface area contributed by atoms with Gasteiger partial charge in [-0.05, 0) is 31.0 Å². The third-order valence-electron chi connectivity index (χ3n) is 5.18. The molecule has 7 heteroatoms. The smallest absolute Gasteiger partial charge is 0.317 e. The zero-order valence-corrected chi connectivity index (χ0v) is 14.7. The van der Waals surface area contributed by atoms with Crippen molar-refractivity contribution in [3.05, 3.63) is 47.0 Å². The lowest BCUT2D eigenvalue weighted by atomic mass is 10.0. The van der Waals surface area contributed by atoms with E-state index in [-0.39, 0.29) is 17.5 Å². The number of nitrogens with zero attached hydrogens (tertiary/aromatic N) is 4. The first kappa shape index (κ1) is 16.8. The minimum atomic E-state index is -0.119. The molecule has 7 nitrogen and oxygen atoms in total. The molecule has 2 aliphatic rings. The van der Waals surface area contributed by atoms with Crippen LogP contribution in [0.4, 0.5) is 4.79 Å². The number of amides is 2. The average molecular weight is 353 g/mol. The number of carbonyl (C=O) groups is 1. The van der Waals surface area contributed by atoms with Crippen molar-refractivity contribution in [3.8, 4) is 11.3 Å². The van der Waals surface area contributed by atoms with Crippen LogP contribution in [0, 0.1) is 5.92 Å². The van der Waals surface area contributed by atoms with Crippen molar-refractivity contribution in [2.24, 2.45) is 5.92 Å². The van der Waals surface area contributed by atoms with Crippen molar-refractivity contribution < 1.29 is 4.79 Å². The van der Waals surface area contributed by atoms with Gasteiger partial charge < -0.3 is 10.2 Å². The molecule has 1 aliphatic heterocycles. The highest BCUT2D eigenvalue weighted by molar-refractivity contribution is 5.75. The highest BCUT2D eigenvalue weighted by atomic mass is 16.2. The maximum atomic E-state index is 12.2. The molecule has 26 heavy (non-hydrogen) atoms. The number of aromatic nitrogens is 3. The number of likely N-dealkylation sites (tertiary alicyclic amines) is 1. The molecule has 0 aromatic carbocycles. The van der Waals surface area contributed by atoms with E-state index in [1.54, 1.807) is 24.5 Å². The van der Waals surface area contributed by atoms with E-state index < -0.39 is 0 Å². The monoisotopic (exact) mass is 353 g/mol. The summed E-state index contributed by atoms with van der Waals surface area (Å²) in [4.78, 5) is 30.2. The standard InChI is InChI=1S/C19H23N5O2/c25-18-8-7-17(15-4-3-9-20-10-15)22-24(18)13-14-11-23(12-14)19(26)21-16-5-1-2-6-16/h3-4,7-10,14,16H,1-2,5-6,11-13H2,(H,21,26). The van der Waals surface area contributed by atoms with Crippen LogP contribution < -0.4 is 10.9 Å². The number of carbonyl (C=O) groups excluding carboxylic acids is 1. The van der Waals surface area contributed by atoms with Crippen LogP contribution in [0.15, 0.2) is 41.5 Å². The number of pyridine rings is 1. The molecule has 0 spiro atoms. The Morgan fingerprint density at radius 3 is 2.73 bits per heavy atom. The highest BCUT2D eigenvalue weighted by Gasteiger charge is 2.32. The second kappa shape index (κ2) is 7.27. The summed E-state index contributed by atoms with van der Waals surface area (Å²) in [5, 5.41) is 7.57. The van der Waals surface area contributed by atoms with Gasteiger partial charge in [0.15, 0.2) is 0 Å². The Morgan fingerprint density at radius 1 is 1.19 bits per heavy atom. The summed E-state index contributed by atoms with van der Waals surface area (Å²) < 4.78 is 1.50. The second-order valence-electron chi connectivity index (χ2n) is 7.18. The van der Waals surface area contributed by atoms with Crippen molar-refractivity contribution >= 4 is 6.03 Å². The van der Waals surface area contributed by atoms with Gasteiger partial charge in [0.2, 0.25) is 0 Å². The van der Waals surface area contributed by atoms with E-state index in [2.05, 4.69) is 15.4 Å². The zero-order valence-electron chi connectivity index (χ0n) is 14.7. The van der Waals surface area contributed by atoms with E-state index in [1.165, 1.54) is 17.5 Å². The van der Waals surface area contributed by atoms with Gasteiger partial charge in [0.25, 0.3) is 5.56 Å². The lowest BCUT2D eigenvalue weighted by molar-refractivity contribution is 0.105. The van der Waals surface area contributed by atoms with Gasteiger partial charge in [0, 0.05) is 49.1 Å². The van der Waals surface area contributed by atoms with Gasteiger partial charge in [-0.25, -0.2) is 9.48 Å². The molecule has 0 unspecified atom stereocenters. The fourth-order valence-corrected chi connectivity index (χ4v) is 3.68. The van der Waals surface area contributed by atoms with Crippen molar-refractivity contribution in [3.63, 3.8) is 0 Å². The molecule has 136 valence electrons. The zero-order chi connectivity index (χ0) is 17.9. The van der Waals surface area contributed by atoms with Crippen LogP contribution in [0.5, 0.6) is 0 Å². The molecule has 2 aromatic heterocycles. The summed E-state index contributed by atoms with van der Waals surface area (Å²) in [5.41, 5.74) is 1.49. The first-order valence-corrected chi connectivity index (χ1v) is 9.23. The molecule has 1 aliphatic carbocycles. The number of nitrogens with one attached hydrogen (secondary N) is 1. The van der Waals surface area contributed by atoms with E-state index in [1.807, 2.05) is 17.0 Å². The molecule has 0 atom stereocenters. The third-order valence-corrected chi connectivity index (χ3v) is 5.18. The van der Waals surface area contributed by atoms with Gasteiger partial charge in [0.1, 0.15) is 0 Å². The quantitative estimate of drug-likeness (QED) is 0.910. The van der Waals surface area contributed by atoms with Crippen LogP contribution in [0.1, 0.15) is 25.7 Å². The normalized spacial score (nSPS) is 17.9. The van der Waals surface area contributed by atoms with Crippen LogP contribution in [0.25, 0.3) is 11.3 Å². The Bertz CT molecular complexity index is 823. The molecular weight excluding hydrogens is 330 g/mol. The molecule has 2 amide bonds. The molecule has 1 saturated carbocycles. The first-order chi connectivity index (χ1) is 12.7. The number of rotatable bonds is 4. The Balaban J connectivity index is 1.35. The lowest BCUT2D eigenvalue weighted by Gasteiger charge is -2.39. The van der Waals surface area contributed by atoms with Crippen LogP contribution in [-0.2, 0) is 6.54 Å². The highest BCUT2D eigenvalue weighted by Crippen LogP contribution is 2.21. The van der Waals surface area contributed by atoms with Gasteiger partial charge in [-0.2, -0.15) is 5.10 Å². The number of urea groups is 1. The average Bonchev–Trinajstić information content (AvgIpc) is 3.12. The van der Waals surface area contributed by atoms with Crippen LogP contribution >= 0.6 is 0 Å². The van der Waals surface area contributed by atoms with E-state index in [0.717, 1.165) is 24.1 Å². The van der Waals surface area contributed by atoms with E-state index in [0.29, 0.717) is 25.7 Å². The lowest BCUT2D eigenvalue weighted by Crippen LogP contribution is -2.56. The van der Waals surface area contributed by atoms with Crippen LogP contribution in [0.3, 0.4) is 0 Å². The molecular formula is C19H23N5O2. The van der Waals surface area contributed by atoms with Gasteiger partial charge in [0.05, 0.1) is 12.2 Å². The van der Waals surface area contributed by atoms with Crippen LogP contribution in [-0.4, -0.2) is 44.8 Å². The molecule has 0 bridgehead atoms. The van der Waals surface area contributed by atoms with Crippen molar-refractivity contribution in [1.29, 1.82) is 0 Å². The topological polar surface area (TPSA) is 80.1 Å². The molecule has 4 rings (SSSR count). The molecule has 1 N–H and O–H groups in total. The Labute approximate surface area is 152 Å². The van der Waals surface area contributed by atoms with E-state index in [9.17, 15) is 9.59 Å². The minimum Gasteiger partial charge on any atom is -0.335 e. The Kier molecular flexibility index (Phi) is 4.69. The summed E-state index contributed by atoms with van der Waals surface area (Å²) in [5.74, 6) is 0.263. The Hall–Kier alpha value is -2.70. The molecule has 2 aromatic rings. The molecule has 3 heterocycles. The minimum absolute atomic E-state index is 0.0255. The summed E-state index contributed by atoms with van der Waals surface area (Å²) in [7, 11) is 0. The van der Waals surface area contributed by atoms with E-state index in [4.69, 9.17) is 0 Å². The summed E-state index contributed by atoms with van der Waals surface area (Å²) in [6, 6.07) is 7.39. The van der Waals surface area contributed by atoms with Gasteiger partial charge in [-0.3, -0.25) is 9.78 Å². The maximum Gasteiger partial charge on any atom is 0.317 e. The third kappa shape index (κ3) is 3.61. The predicted octanol–water partition coefficient (Wildman–Crippen LogP) is 1.89. The SMILES string of the molecule is O=C(NC1CCCC1)N1CC(Cn2nc(-c3cccnc3)ccc2=O)C1. The number of hydrogen-bond acceptors (Lipinski definition) is 4. The van der Waals surface area contributed by atoms with Crippen molar-refractivity contribution in [1.82, 2.24) is 25.0 Å². The molecule has 1 saturated heterocycles. The summed E-state index contributed by atoms with van der Waals surface area (Å²) >= 11 is 0. The van der Waals surface area contributed by atoms with Gasteiger partial charge >= 0.3 is 6.03 Å². The van der Waals surface area contributed by atoms with Gasteiger partial charge in [-0.1, -0.05) is 12.8 Å². The van der Waals surface area contributed by atoms with Crippen molar-refractivity contribution in [2.75, 3.05) is 13.1 Å². The molecule has 2 fully saturated rings. The largest absolute Gasteiger partial charge is 0.335 e. The summed E-state index contributed by atoms with van der Waals surface area (Å²) in [6.45, 7) is 1.87. The van der Waals surface area contributed by atoms with Gasteiger partial charge in [-0.15, -0.1) is 0 Å². The first-order valence-electron chi connectivity index (χ1n) is 9.23. The predicted molar refractivity (Wildman–Crippen MR) is 97.6 cm³/mol. The molecule has 0 radical (unpaired) electrons. The second-order valence-corrected chi connectivity index (χ2v) is 7.18. The fourth-order valence-electron chi connectivity index (χ4n) is 3.68. The summed E-state index contributed by atoms with van der Waals surface area (Å²) in [6.07, 6.45) is 8.02. The van der Waals surface area contributed by atoms with Crippen molar-refractivity contribution in [2.45, 2.75) is 38.3 Å². The number of hydrogen-bond donors (Lipinski definition) is 1. The Morgan fingerprint density at radius 2 is 2.00 bits per heavy atom.